The summed E-state index contributed by atoms with van der Waals surface area (Å²) in [5.74, 6) is 1.10. The minimum atomic E-state index is 0. The molecule has 1 saturated heterocycles. The van der Waals surface area contributed by atoms with E-state index in [0.717, 1.165) is 64.6 Å². The molecule has 27 heavy (non-hydrogen) atoms. The monoisotopic (exact) mass is 494 g/mol. The van der Waals surface area contributed by atoms with E-state index in [4.69, 9.17) is 9.73 Å². The topological polar surface area (TPSA) is 66.0 Å². The van der Waals surface area contributed by atoms with E-state index in [-0.39, 0.29) is 29.9 Å². The summed E-state index contributed by atoms with van der Waals surface area (Å²) in [5.41, 5.74) is 0.295. The Balaban J connectivity index is 0.00000364. The van der Waals surface area contributed by atoms with Crippen molar-refractivity contribution in [3.8, 4) is 0 Å². The van der Waals surface area contributed by atoms with Gasteiger partial charge in [-0.05, 0) is 51.4 Å². The minimum Gasteiger partial charge on any atom is -0.382 e. The van der Waals surface area contributed by atoms with Crippen LogP contribution in [0, 0.1) is 5.41 Å². The molecule has 0 aromatic heterocycles. The lowest BCUT2D eigenvalue weighted by Crippen LogP contribution is -2.40. The van der Waals surface area contributed by atoms with Gasteiger partial charge in [-0.15, -0.1) is 24.0 Å². The zero-order valence-corrected chi connectivity index (χ0v) is 19.6. The van der Waals surface area contributed by atoms with E-state index in [9.17, 15) is 4.79 Å². The molecule has 0 aromatic rings. The molecule has 1 heterocycles. The second kappa shape index (κ2) is 13.6. The van der Waals surface area contributed by atoms with Gasteiger partial charge in [-0.1, -0.05) is 12.8 Å². The highest BCUT2D eigenvalue weighted by atomic mass is 127. The molecule has 1 aliphatic heterocycles. The Bertz CT molecular complexity index is 447. The molecular weight excluding hydrogens is 455 g/mol. The normalized spacial score (nSPS) is 19.0. The molecule has 1 amide bonds. The summed E-state index contributed by atoms with van der Waals surface area (Å²) in [6.07, 6.45) is 9.02. The average molecular weight is 494 g/mol. The highest BCUT2D eigenvalue weighted by molar-refractivity contribution is 14.0. The zero-order chi connectivity index (χ0) is 18.7. The molecule has 0 unspecified atom stereocenters. The number of rotatable bonds is 10. The van der Waals surface area contributed by atoms with Gasteiger partial charge in [0, 0.05) is 52.4 Å². The molecule has 1 saturated carbocycles. The molecule has 2 N–H and O–H groups in total. The van der Waals surface area contributed by atoms with Crippen LogP contribution in [0.15, 0.2) is 4.99 Å². The predicted molar refractivity (Wildman–Crippen MR) is 122 cm³/mol. The van der Waals surface area contributed by atoms with E-state index in [1.165, 1.54) is 25.7 Å². The lowest BCUT2D eigenvalue weighted by molar-refractivity contribution is -0.129. The van der Waals surface area contributed by atoms with Gasteiger partial charge in [0.05, 0.1) is 0 Å². The van der Waals surface area contributed by atoms with Crippen molar-refractivity contribution in [3.63, 3.8) is 0 Å². The predicted octanol–water partition coefficient (Wildman–Crippen LogP) is 3.16. The van der Waals surface area contributed by atoms with Crippen molar-refractivity contribution >= 4 is 35.8 Å². The standard InChI is InChI=1S/C20H38N4O2.HI/c1-3-21-19(22-13-9-18(25)24-14-7-8-15-24)23-17-20(10-5-6-11-20)12-16-26-4-2;/h3-17H2,1-2H3,(H2,21,22,23);1H. The molecule has 2 rings (SSSR count). The van der Waals surface area contributed by atoms with Crippen LogP contribution in [0.3, 0.4) is 0 Å². The molecule has 0 atom stereocenters. The first kappa shape index (κ1) is 24.5. The van der Waals surface area contributed by atoms with E-state index in [0.29, 0.717) is 18.4 Å². The quantitative estimate of drug-likeness (QED) is 0.212. The molecule has 2 aliphatic rings. The maximum Gasteiger partial charge on any atom is 0.224 e. The average Bonchev–Trinajstić information content (AvgIpc) is 3.32. The fourth-order valence-electron chi connectivity index (χ4n) is 4.05. The Kier molecular flexibility index (Phi) is 12.3. The largest absolute Gasteiger partial charge is 0.382 e. The first-order valence-electron chi connectivity index (χ1n) is 10.6. The summed E-state index contributed by atoms with van der Waals surface area (Å²) >= 11 is 0. The maximum absolute atomic E-state index is 12.2. The fraction of sp³-hybridized carbons (Fsp3) is 0.900. The second-order valence-corrected chi connectivity index (χ2v) is 7.61. The van der Waals surface area contributed by atoms with Crippen molar-refractivity contribution in [1.29, 1.82) is 0 Å². The van der Waals surface area contributed by atoms with Crippen molar-refractivity contribution in [2.45, 2.75) is 65.2 Å². The fourth-order valence-corrected chi connectivity index (χ4v) is 4.05. The SMILES string of the molecule is CCNC(=NCC1(CCOCC)CCCC1)NCCC(=O)N1CCCC1.I. The Hall–Kier alpha value is -0.570. The number of carbonyl (C=O) groups excluding carboxylic acids is 1. The number of amides is 1. The number of nitrogens with zero attached hydrogens (tertiary/aromatic N) is 2. The molecule has 1 aliphatic carbocycles. The van der Waals surface area contributed by atoms with Crippen LogP contribution in [-0.2, 0) is 9.53 Å². The van der Waals surface area contributed by atoms with Gasteiger partial charge in [0.1, 0.15) is 0 Å². The molecule has 2 fully saturated rings. The summed E-state index contributed by atoms with van der Waals surface area (Å²) in [7, 11) is 0. The lowest BCUT2D eigenvalue weighted by atomic mass is 9.83. The van der Waals surface area contributed by atoms with Crippen LogP contribution in [0.4, 0.5) is 0 Å². The van der Waals surface area contributed by atoms with Gasteiger partial charge in [0.15, 0.2) is 5.96 Å². The Labute approximate surface area is 182 Å². The third kappa shape index (κ3) is 8.54. The van der Waals surface area contributed by atoms with Crippen LogP contribution in [0.5, 0.6) is 0 Å². The number of aliphatic imine (C=N–C) groups is 1. The van der Waals surface area contributed by atoms with Crippen molar-refractivity contribution in [3.05, 3.63) is 0 Å². The number of guanidine groups is 1. The summed E-state index contributed by atoms with van der Waals surface area (Å²) in [5, 5.41) is 6.66. The second-order valence-electron chi connectivity index (χ2n) is 7.61. The number of likely N-dealkylation sites (tertiary alicyclic amines) is 1. The molecular formula is C20H39IN4O2. The summed E-state index contributed by atoms with van der Waals surface area (Å²) < 4.78 is 5.59. The highest BCUT2D eigenvalue weighted by Gasteiger charge is 2.33. The Morgan fingerprint density at radius 1 is 1.11 bits per heavy atom. The molecule has 0 aromatic carbocycles. The lowest BCUT2D eigenvalue weighted by Gasteiger charge is -2.27. The number of carbonyl (C=O) groups is 1. The van der Waals surface area contributed by atoms with Gasteiger partial charge in [-0.3, -0.25) is 9.79 Å². The van der Waals surface area contributed by atoms with Gasteiger partial charge >= 0.3 is 0 Å². The third-order valence-electron chi connectivity index (χ3n) is 5.65. The van der Waals surface area contributed by atoms with Crippen LogP contribution < -0.4 is 10.6 Å². The smallest absolute Gasteiger partial charge is 0.224 e. The Morgan fingerprint density at radius 2 is 1.81 bits per heavy atom. The Morgan fingerprint density at radius 3 is 2.44 bits per heavy atom. The first-order chi connectivity index (χ1) is 12.7. The van der Waals surface area contributed by atoms with Crippen molar-refractivity contribution in [2.75, 3.05) is 45.9 Å². The minimum absolute atomic E-state index is 0. The number of hydrogen-bond acceptors (Lipinski definition) is 3. The molecule has 0 radical (unpaired) electrons. The van der Waals surface area contributed by atoms with Crippen LogP contribution in [0.1, 0.15) is 65.2 Å². The number of hydrogen-bond donors (Lipinski definition) is 2. The van der Waals surface area contributed by atoms with Crippen LogP contribution >= 0.6 is 24.0 Å². The van der Waals surface area contributed by atoms with Crippen molar-refractivity contribution in [1.82, 2.24) is 15.5 Å². The first-order valence-corrected chi connectivity index (χ1v) is 10.6. The summed E-state index contributed by atoms with van der Waals surface area (Å²) in [6, 6.07) is 0. The number of ether oxygens (including phenoxy) is 1. The molecule has 6 nitrogen and oxygen atoms in total. The highest BCUT2D eigenvalue weighted by Crippen LogP contribution is 2.41. The summed E-state index contributed by atoms with van der Waals surface area (Å²) in [6.45, 7) is 9.92. The van der Waals surface area contributed by atoms with Gasteiger partial charge in [-0.2, -0.15) is 0 Å². The zero-order valence-electron chi connectivity index (χ0n) is 17.2. The van der Waals surface area contributed by atoms with Gasteiger partial charge in [-0.25, -0.2) is 0 Å². The van der Waals surface area contributed by atoms with Gasteiger partial charge in [0.2, 0.25) is 5.91 Å². The molecule has 7 heteroatoms. The van der Waals surface area contributed by atoms with Crippen LogP contribution in [0.25, 0.3) is 0 Å². The molecule has 158 valence electrons. The van der Waals surface area contributed by atoms with Crippen LogP contribution in [-0.4, -0.2) is 62.7 Å². The van der Waals surface area contributed by atoms with Gasteiger partial charge in [0.25, 0.3) is 0 Å². The third-order valence-corrected chi connectivity index (χ3v) is 5.65. The molecule has 0 bridgehead atoms. The summed E-state index contributed by atoms with van der Waals surface area (Å²) in [4.78, 5) is 19.0. The number of nitrogens with one attached hydrogen (secondary N) is 2. The van der Waals surface area contributed by atoms with Crippen LogP contribution in [0.2, 0.25) is 0 Å². The number of halogens is 1. The van der Waals surface area contributed by atoms with E-state index < -0.39 is 0 Å². The van der Waals surface area contributed by atoms with E-state index >= 15 is 0 Å². The van der Waals surface area contributed by atoms with Crippen molar-refractivity contribution < 1.29 is 9.53 Å². The van der Waals surface area contributed by atoms with Gasteiger partial charge < -0.3 is 20.3 Å². The van der Waals surface area contributed by atoms with E-state index in [1.807, 2.05) is 4.90 Å². The van der Waals surface area contributed by atoms with E-state index in [1.54, 1.807) is 0 Å². The van der Waals surface area contributed by atoms with E-state index in [2.05, 4.69) is 24.5 Å². The molecule has 0 spiro atoms. The van der Waals surface area contributed by atoms with Crippen molar-refractivity contribution in [2.24, 2.45) is 10.4 Å². The maximum atomic E-state index is 12.2.